The van der Waals surface area contributed by atoms with Crippen molar-refractivity contribution in [3.63, 3.8) is 0 Å². The van der Waals surface area contributed by atoms with Crippen molar-refractivity contribution in [2.75, 3.05) is 7.11 Å². The predicted octanol–water partition coefficient (Wildman–Crippen LogP) is 2.35. The van der Waals surface area contributed by atoms with Gasteiger partial charge in [-0.1, -0.05) is 0 Å². The van der Waals surface area contributed by atoms with E-state index in [1.165, 1.54) is 7.11 Å². The SMILES string of the molecule is COc1cc(OC(F)(F)F)c(CCl)c(CC(=O)O)n1. The minimum atomic E-state index is -4.92. The van der Waals surface area contributed by atoms with Gasteiger partial charge in [0.15, 0.2) is 0 Å². The van der Waals surface area contributed by atoms with Crippen molar-refractivity contribution in [1.29, 1.82) is 0 Å². The normalized spacial score (nSPS) is 11.2. The summed E-state index contributed by atoms with van der Waals surface area (Å²) in [5.41, 5.74) is -0.275. The fraction of sp³-hybridized carbons (Fsp3) is 0.400. The van der Waals surface area contributed by atoms with E-state index in [0.717, 1.165) is 6.07 Å². The largest absolute Gasteiger partial charge is 0.573 e. The molecule has 0 bridgehead atoms. The Balaban J connectivity index is 3.30. The molecule has 0 saturated heterocycles. The summed E-state index contributed by atoms with van der Waals surface area (Å²) in [6.45, 7) is 0. The topological polar surface area (TPSA) is 68.7 Å². The highest BCUT2D eigenvalue weighted by Gasteiger charge is 2.33. The van der Waals surface area contributed by atoms with E-state index in [2.05, 4.69) is 9.72 Å². The second kappa shape index (κ2) is 5.96. The first-order chi connectivity index (χ1) is 8.76. The first-order valence-electron chi connectivity index (χ1n) is 4.87. The van der Waals surface area contributed by atoms with Gasteiger partial charge in [-0.05, 0) is 0 Å². The van der Waals surface area contributed by atoms with Crippen molar-refractivity contribution in [2.24, 2.45) is 0 Å². The lowest BCUT2D eigenvalue weighted by Crippen LogP contribution is -2.19. The lowest BCUT2D eigenvalue weighted by Gasteiger charge is -2.15. The molecule has 0 aliphatic rings. The Labute approximate surface area is 110 Å². The highest BCUT2D eigenvalue weighted by Crippen LogP contribution is 2.32. The van der Waals surface area contributed by atoms with Crippen LogP contribution in [0.25, 0.3) is 0 Å². The van der Waals surface area contributed by atoms with Gasteiger partial charge in [-0.2, -0.15) is 0 Å². The molecule has 0 amide bonds. The average Bonchev–Trinajstić information content (AvgIpc) is 2.25. The van der Waals surface area contributed by atoms with E-state index in [1.807, 2.05) is 0 Å². The molecule has 0 unspecified atom stereocenters. The number of hydrogen-bond acceptors (Lipinski definition) is 4. The third-order valence-corrected chi connectivity index (χ3v) is 2.30. The highest BCUT2D eigenvalue weighted by molar-refractivity contribution is 6.17. The molecule has 0 aliphatic carbocycles. The van der Waals surface area contributed by atoms with Gasteiger partial charge in [-0.15, -0.1) is 24.8 Å². The van der Waals surface area contributed by atoms with Crippen LogP contribution in [0.4, 0.5) is 13.2 Å². The van der Waals surface area contributed by atoms with Crippen LogP contribution in [0.1, 0.15) is 11.3 Å². The summed E-state index contributed by atoms with van der Waals surface area (Å²) < 4.78 is 45.2. The molecule has 5 nitrogen and oxygen atoms in total. The molecule has 0 aromatic carbocycles. The number of ether oxygens (including phenoxy) is 2. The number of aliphatic carboxylic acids is 1. The van der Waals surface area contributed by atoms with Crippen molar-refractivity contribution < 1.29 is 32.5 Å². The number of carboxylic acid groups (broad SMARTS) is 1. The zero-order chi connectivity index (χ0) is 14.6. The van der Waals surface area contributed by atoms with Crippen LogP contribution >= 0.6 is 11.6 Å². The van der Waals surface area contributed by atoms with E-state index in [4.69, 9.17) is 21.4 Å². The van der Waals surface area contributed by atoms with Crippen LogP contribution in [0.15, 0.2) is 6.07 Å². The van der Waals surface area contributed by atoms with E-state index in [9.17, 15) is 18.0 Å². The number of aromatic nitrogens is 1. The predicted molar refractivity (Wildman–Crippen MR) is 58.4 cm³/mol. The Hall–Kier alpha value is -1.70. The summed E-state index contributed by atoms with van der Waals surface area (Å²) in [4.78, 5) is 14.4. The van der Waals surface area contributed by atoms with Gasteiger partial charge in [-0.3, -0.25) is 4.79 Å². The molecule has 1 heterocycles. The minimum absolute atomic E-state index is 0.137. The fourth-order valence-electron chi connectivity index (χ4n) is 1.33. The molecule has 1 N–H and O–H groups in total. The molecular weight excluding hydrogens is 291 g/mol. The van der Waals surface area contributed by atoms with Gasteiger partial charge in [0, 0.05) is 11.6 Å². The molecule has 1 aromatic rings. The van der Waals surface area contributed by atoms with Crippen LogP contribution in [0.3, 0.4) is 0 Å². The molecule has 0 aliphatic heterocycles. The molecule has 0 atom stereocenters. The van der Waals surface area contributed by atoms with Crippen LogP contribution in [0.5, 0.6) is 11.6 Å². The van der Waals surface area contributed by atoms with E-state index in [-0.39, 0.29) is 23.0 Å². The summed E-state index contributed by atoms with van der Waals surface area (Å²) in [6.07, 6.45) is -5.51. The lowest BCUT2D eigenvalue weighted by atomic mass is 10.1. The molecule has 1 rings (SSSR count). The lowest BCUT2D eigenvalue weighted by molar-refractivity contribution is -0.274. The highest BCUT2D eigenvalue weighted by atomic mass is 35.5. The van der Waals surface area contributed by atoms with Gasteiger partial charge in [-0.25, -0.2) is 4.98 Å². The molecule has 0 radical (unpaired) electrons. The summed E-state index contributed by atoms with van der Waals surface area (Å²) in [6, 6.07) is 0.899. The summed E-state index contributed by atoms with van der Waals surface area (Å²) in [7, 11) is 1.19. The van der Waals surface area contributed by atoms with Gasteiger partial charge < -0.3 is 14.6 Å². The molecule has 0 fully saturated rings. The van der Waals surface area contributed by atoms with Gasteiger partial charge in [0.1, 0.15) is 5.75 Å². The third-order valence-electron chi connectivity index (χ3n) is 2.03. The zero-order valence-corrected chi connectivity index (χ0v) is 10.4. The van der Waals surface area contributed by atoms with Crippen molar-refractivity contribution in [3.05, 3.63) is 17.3 Å². The Kier molecular flexibility index (Phi) is 4.82. The average molecular weight is 300 g/mol. The molecule has 106 valence electrons. The number of carbonyl (C=O) groups is 1. The number of pyridine rings is 1. The Morgan fingerprint density at radius 3 is 2.58 bits per heavy atom. The molecule has 19 heavy (non-hydrogen) atoms. The Bertz CT molecular complexity index is 479. The molecule has 1 aromatic heterocycles. The summed E-state index contributed by atoms with van der Waals surface area (Å²) in [5.74, 6) is -2.44. The smallest absolute Gasteiger partial charge is 0.481 e. The number of carboxylic acids is 1. The van der Waals surface area contributed by atoms with E-state index in [1.54, 1.807) is 0 Å². The number of halogens is 4. The second-order valence-electron chi connectivity index (χ2n) is 3.34. The van der Waals surface area contributed by atoms with Crippen molar-refractivity contribution in [2.45, 2.75) is 18.7 Å². The van der Waals surface area contributed by atoms with Gasteiger partial charge >= 0.3 is 12.3 Å². The zero-order valence-electron chi connectivity index (χ0n) is 9.62. The summed E-state index contributed by atoms with van der Waals surface area (Å²) >= 11 is 5.52. The number of rotatable bonds is 5. The maximum atomic E-state index is 12.2. The second-order valence-corrected chi connectivity index (χ2v) is 3.61. The number of nitrogens with zero attached hydrogens (tertiary/aromatic N) is 1. The maximum absolute atomic E-state index is 12.2. The van der Waals surface area contributed by atoms with E-state index in [0.29, 0.717) is 0 Å². The van der Waals surface area contributed by atoms with Crippen molar-refractivity contribution >= 4 is 17.6 Å². The summed E-state index contributed by atoms with van der Waals surface area (Å²) in [5, 5.41) is 8.69. The van der Waals surface area contributed by atoms with Crippen molar-refractivity contribution in [1.82, 2.24) is 4.98 Å². The fourth-order valence-corrected chi connectivity index (χ4v) is 1.61. The first kappa shape index (κ1) is 15.4. The van der Waals surface area contributed by atoms with Crippen LogP contribution in [0, 0.1) is 0 Å². The third kappa shape index (κ3) is 4.47. The number of hydrogen-bond donors (Lipinski definition) is 1. The number of methoxy groups -OCH3 is 1. The molecular formula is C10H9ClF3NO4. The van der Waals surface area contributed by atoms with Crippen LogP contribution in [-0.4, -0.2) is 29.5 Å². The Morgan fingerprint density at radius 1 is 1.53 bits per heavy atom. The van der Waals surface area contributed by atoms with E-state index >= 15 is 0 Å². The van der Waals surface area contributed by atoms with Gasteiger partial charge in [0.05, 0.1) is 25.1 Å². The van der Waals surface area contributed by atoms with E-state index < -0.39 is 24.5 Å². The maximum Gasteiger partial charge on any atom is 0.573 e. The quantitative estimate of drug-likeness (QED) is 0.845. The van der Waals surface area contributed by atoms with Crippen molar-refractivity contribution in [3.8, 4) is 11.6 Å². The van der Waals surface area contributed by atoms with Gasteiger partial charge in [0.2, 0.25) is 5.88 Å². The Morgan fingerprint density at radius 2 is 2.16 bits per heavy atom. The molecule has 0 saturated carbocycles. The standard InChI is InChI=1S/C10H9ClF3NO4/c1-18-8-3-7(19-10(12,13)14)5(4-11)6(15-8)2-9(16)17/h3H,2,4H2,1H3,(H,16,17). The minimum Gasteiger partial charge on any atom is -0.481 e. The van der Waals surface area contributed by atoms with Crippen LogP contribution < -0.4 is 9.47 Å². The number of alkyl halides is 4. The van der Waals surface area contributed by atoms with Crippen LogP contribution in [-0.2, 0) is 17.1 Å². The first-order valence-corrected chi connectivity index (χ1v) is 5.40. The van der Waals surface area contributed by atoms with Gasteiger partial charge in [0.25, 0.3) is 0 Å². The molecule has 9 heteroatoms. The monoisotopic (exact) mass is 299 g/mol. The van der Waals surface area contributed by atoms with Crippen LogP contribution in [0.2, 0.25) is 0 Å². The molecule has 0 spiro atoms.